The lowest BCUT2D eigenvalue weighted by Gasteiger charge is -2.27. The van der Waals surface area contributed by atoms with Crippen LogP contribution in [0.4, 0.5) is 5.82 Å². The summed E-state index contributed by atoms with van der Waals surface area (Å²) in [7, 11) is 0. The van der Waals surface area contributed by atoms with Crippen LogP contribution in [0.3, 0.4) is 0 Å². The minimum Gasteiger partial charge on any atom is -0.353 e. The second-order valence-corrected chi connectivity index (χ2v) is 9.89. The second-order valence-electron chi connectivity index (χ2n) is 8.54. The van der Waals surface area contributed by atoms with Gasteiger partial charge in [-0.15, -0.1) is 21.5 Å². The molecule has 0 radical (unpaired) electrons. The van der Waals surface area contributed by atoms with Gasteiger partial charge in [0.2, 0.25) is 5.91 Å². The maximum atomic E-state index is 13.2. The van der Waals surface area contributed by atoms with E-state index >= 15 is 0 Å². The summed E-state index contributed by atoms with van der Waals surface area (Å²) in [5.41, 5.74) is 1.58. The van der Waals surface area contributed by atoms with Crippen molar-refractivity contribution in [3.05, 3.63) is 63.8 Å². The first-order valence-corrected chi connectivity index (χ1v) is 13.3. The number of benzene rings is 1. The van der Waals surface area contributed by atoms with Crippen molar-refractivity contribution in [2.75, 3.05) is 44.2 Å². The molecule has 0 unspecified atom stereocenters. The lowest BCUT2D eigenvalue weighted by Crippen LogP contribution is -2.44. The maximum Gasteiger partial charge on any atom is 0.264 e. The standard InChI is InChI=1S/C26H30ClN5O2S/c1-2-3-13-32(26(34)23-10-6-18-35-23)19-25(33)31-15-7-14-30(16-17-31)24-12-11-22(28-29-24)20-8-4-5-9-21(20)27/h4-6,8-12,18H,2-3,7,13-17,19H2,1H3. The molecule has 1 aromatic carbocycles. The highest BCUT2D eigenvalue weighted by molar-refractivity contribution is 7.12. The fourth-order valence-corrected chi connectivity index (χ4v) is 5.05. The zero-order chi connectivity index (χ0) is 24.6. The molecule has 184 valence electrons. The van der Waals surface area contributed by atoms with E-state index in [1.165, 1.54) is 11.3 Å². The number of carbonyl (C=O) groups is 2. The molecular weight excluding hydrogens is 482 g/mol. The van der Waals surface area contributed by atoms with Crippen molar-refractivity contribution in [3.8, 4) is 11.3 Å². The minimum absolute atomic E-state index is 0.00647. The number of thiophene rings is 1. The van der Waals surface area contributed by atoms with E-state index in [2.05, 4.69) is 22.0 Å². The normalized spacial score (nSPS) is 14.0. The summed E-state index contributed by atoms with van der Waals surface area (Å²) in [6, 6.07) is 15.1. The van der Waals surface area contributed by atoms with E-state index in [0.717, 1.165) is 42.9 Å². The monoisotopic (exact) mass is 511 g/mol. The van der Waals surface area contributed by atoms with Gasteiger partial charge in [-0.3, -0.25) is 9.59 Å². The summed E-state index contributed by atoms with van der Waals surface area (Å²) in [5, 5.41) is 11.3. The van der Waals surface area contributed by atoms with Gasteiger partial charge in [0.25, 0.3) is 5.91 Å². The Hall–Kier alpha value is -2.97. The van der Waals surface area contributed by atoms with Crippen LogP contribution in [0.25, 0.3) is 11.3 Å². The van der Waals surface area contributed by atoms with E-state index in [1.54, 1.807) is 4.90 Å². The molecule has 2 aromatic heterocycles. The van der Waals surface area contributed by atoms with Crippen LogP contribution in [0.15, 0.2) is 53.9 Å². The molecule has 0 atom stereocenters. The second kappa shape index (κ2) is 12.1. The molecule has 1 aliphatic heterocycles. The lowest BCUT2D eigenvalue weighted by atomic mass is 10.1. The topological polar surface area (TPSA) is 69.6 Å². The van der Waals surface area contributed by atoms with Gasteiger partial charge >= 0.3 is 0 Å². The number of hydrogen-bond donors (Lipinski definition) is 0. The van der Waals surface area contributed by atoms with Gasteiger partial charge in [0.15, 0.2) is 5.82 Å². The molecule has 9 heteroatoms. The van der Waals surface area contributed by atoms with Gasteiger partial charge in [0, 0.05) is 38.3 Å². The molecule has 1 saturated heterocycles. The lowest BCUT2D eigenvalue weighted by molar-refractivity contribution is -0.131. The van der Waals surface area contributed by atoms with Crippen LogP contribution in [0.1, 0.15) is 35.9 Å². The Kier molecular flexibility index (Phi) is 8.71. The number of aromatic nitrogens is 2. The highest BCUT2D eigenvalue weighted by atomic mass is 35.5. The van der Waals surface area contributed by atoms with Crippen molar-refractivity contribution < 1.29 is 9.59 Å². The number of hydrogen-bond acceptors (Lipinski definition) is 6. The third kappa shape index (κ3) is 6.38. The molecule has 1 fully saturated rings. The first kappa shape index (κ1) is 25.1. The van der Waals surface area contributed by atoms with Crippen molar-refractivity contribution >= 4 is 40.6 Å². The first-order valence-electron chi connectivity index (χ1n) is 12.0. The van der Waals surface area contributed by atoms with Crippen LogP contribution in [-0.4, -0.2) is 71.1 Å². The Labute approximate surface area is 215 Å². The number of carbonyl (C=O) groups excluding carboxylic acids is 2. The van der Waals surface area contributed by atoms with E-state index in [1.807, 2.05) is 58.8 Å². The number of anilines is 1. The molecule has 3 aromatic rings. The molecule has 0 bridgehead atoms. The number of rotatable bonds is 8. The zero-order valence-electron chi connectivity index (χ0n) is 19.9. The molecule has 35 heavy (non-hydrogen) atoms. The van der Waals surface area contributed by atoms with Crippen LogP contribution >= 0.6 is 22.9 Å². The van der Waals surface area contributed by atoms with E-state index in [-0.39, 0.29) is 18.4 Å². The fraction of sp³-hybridized carbons (Fsp3) is 0.385. The SMILES string of the molecule is CCCCN(CC(=O)N1CCCN(c2ccc(-c3ccccc3Cl)nn2)CC1)C(=O)c1cccs1. The molecule has 4 rings (SSSR count). The smallest absolute Gasteiger partial charge is 0.264 e. The zero-order valence-corrected chi connectivity index (χ0v) is 21.5. The number of nitrogens with zero attached hydrogens (tertiary/aromatic N) is 5. The highest BCUT2D eigenvalue weighted by Crippen LogP contribution is 2.26. The average molecular weight is 512 g/mol. The summed E-state index contributed by atoms with van der Waals surface area (Å²) in [6.45, 7) is 5.49. The van der Waals surface area contributed by atoms with E-state index in [9.17, 15) is 9.59 Å². The average Bonchev–Trinajstić information content (AvgIpc) is 3.31. The van der Waals surface area contributed by atoms with Gasteiger partial charge in [-0.2, -0.15) is 0 Å². The molecule has 2 amide bonds. The molecule has 0 N–H and O–H groups in total. The highest BCUT2D eigenvalue weighted by Gasteiger charge is 2.25. The summed E-state index contributed by atoms with van der Waals surface area (Å²) in [6.07, 6.45) is 2.67. The van der Waals surface area contributed by atoms with Gasteiger partial charge in [0.05, 0.1) is 15.6 Å². The van der Waals surface area contributed by atoms with Crippen molar-refractivity contribution in [1.29, 1.82) is 0 Å². The quantitative estimate of drug-likeness (QED) is 0.433. The predicted molar refractivity (Wildman–Crippen MR) is 141 cm³/mol. The molecule has 1 aliphatic rings. The molecule has 0 saturated carbocycles. The van der Waals surface area contributed by atoms with Crippen LogP contribution in [0, 0.1) is 0 Å². The Morgan fingerprint density at radius 2 is 1.89 bits per heavy atom. The maximum absolute atomic E-state index is 13.2. The summed E-state index contributed by atoms with van der Waals surface area (Å²) >= 11 is 7.70. The molecular formula is C26H30ClN5O2S. The Bertz CT molecular complexity index is 1120. The third-order valence-corrected chi connectivity index (χ3v) is 7.29. The summed E-state index contributed by atoms with van der Waals surface area (Å²) in [5.74, 6) is 0.715. The molecule has 7 nitrogen and oxygen atoms in total. The Balaban J connectivity index is 1.37. The predicted octanol–water partition coefficient (Wildman–Crippen LogP) is 4.84. The molecule has 0 aliphatic carbocycles. The van der Waals surface area contributed by atoms with E-state index in [0.29, 0.717) is 36.1 Å². The third-order valence-electron chi connectivity index (χ3n) is 6.10. The van der Waals surface area contributed by atoms with Crippen molar-refractivity contribution in [3.63, 3.8) is 0 Å². The Morgan fingerprint density at radius 1 is 1.03 bits per heavy atom. The van der Waals surface area contributed by atoms with Crippen molar-refractivity contribution in [2.24, 2.45) is 0 Å². The minimum atomic E-state index is -0.0628. The number of unbranched alkanes of at least 4 members (excludes halogenated alkanes) is 1. The van der Waals surface area contributed by atoms with Gasteiger partial charge < -0.3 is 14.7 Å². The van der Waals surface area contributed by atoms with Crippen LogP contribution in [0.5, 0.6) is 0 Å². The van der Waals surface area contributed by atoms with Crippen LogP contribution in [-0.2, 0) is 4.79 Å². The first-order chi connectivity index (χ1) is 17.1. The summed E-state index contributed by atoms with van der Waals surface area (Å²) in [4.78, 5) is 32.5. The largest absolute Gasteiger partial charge is 0.353 e. The van der Waals surface area contributed by atoms with E-state index in [4.69, 9.17) is 11.6 Å². The number of amides is 2. The summed E-state index contributed by atoms with van der Waals surface area (Å²) < 4.78 is 0. The Morgan fingerprint density at radius 3 is 2.60 bits per heavy atom. The fourth-order valence-electron chi connectivity index (χ4n) is 4.12. The van der Waals surface area contributed by atoms with Crippen molar-refractivity contribution in [1.82, 2.24) is 20.0 Å². The van der Waals surface area contributed by atoms with Crippen LogP contribution in [0.2, 0.25) is 5.02 Å². The van der Waals surface area contributed by atoms with Crippen molar-refractivity contribution in [2.45, 2.75) is 26.2 Å². The molecule has 3 heterocycles. The van der Waals surface area contributed by atoms with Gasteiger partial charge in [-0.25, -0.2) is 0 Å². The molecule has 0 spiro atoms. The van der Waals surface area contributed by atoms with E-state index < -0.39 is 0 Å². The van der Waals surface area contributed by atoms with Gasteiger partial charge in [-0.05, 0) is 42.5 Å². The van der Waals surface area contributed by atoms with Gasteiger partial charge in [0.1, 0.15) is 6.54 Å². The van der Waals surface area contributed by atoms with Crippen LogP contribution < -0.4 is 4.90 Å². The number of halogens is 1. The van der Waals surface area contributed by atoms with Gasteiger partial charge in [-0.1, -0.05) is 49.2 Å².